The van der Waals surface area contributed by atoms with Crippen LogP contribution in [0.2, 0.25) is 0 Å². The van der Waals surface area contributed by atoms with Crippen LogP contribution in [0.15, 0.2) is 4.42 Å². The van der Waals surface area contributed by atoms with E-state index in [0.29, 0.717) is 10.7 Å². The summed E-state index contributed by atoms with van der Waals surface area (Å²) in [6.07, 6.45) is 0. The zero-order valence-corrected chi connectivity index (χ0v) is 8.23. The first kappa shape index (κ1) is 8.86. The lowest BCUT2D eigenvalue weighted by Crippen LogP contribution is -2.43. The Balaban J connectivity index is 2.19. The van der Waals surface area contributed by atoms with Crippen molar-refractivity contribution in [2.45, 2.75) is 6.04 Å². The quantitative estimate of drug-likeness (QED) is 0.639. The fraction of sp³-hybridized carbons (Fsp3) is 0.714. The Morgan fingerprint density at radius 2 is 2.54 bits per heavy atom. The van der Waals surface area contributed by atoms with Crippen LogP contribution in [0.3, 0.4) is 0 Å². The van der Waals surface area contributed by atoms with Gasteiger partial charge in [0.2, 0.25) is 5.89 Å². The minimum absolute atomic E-state index is 0.196. The van der Waals surface area contributed by atoms with Gasteiger partial charge in [-0.3, -0.25) is 4.90 Å². The molecule has 1 aromatic heterocycles. The molecule has 1 atom stereocenters. The molecule has 1 saturated heterocycles. The number of likely N-dealkylation sites (N-methyl/N-ethyl adjacent to an activating group) is 1. The highest BCUT2D eigenvalue weighted by molar-refractivity contribution is 7.71. The van der Waals surface area contributed by atoms with E-state index >= 15 is 0 Å². The number of H-pyrrole nitrogens is 1. The van der Waals surface area contributed by atoms with E-state index in [1.807, 2.05) is 0 Å². The standard InChI is InChI=1S/C7H12N4OS/c1-11-3-2-8-4-5(11)6-9-10-7(13)12-6/h5,8H,2-4H2,1H3,(H,10,13). The smallest absolute Gasteiger partial charge is 0.284 e. The third-order valence-corrected chi connectivity index (χ3v) is 2.43. The predicted molar refractivity (Wildman–Crippen MR) is 49.9 cm³/mol. The van der Waals surface area contributed by atoms with Crippen molar-refractivity contribution < 1.29 is 4.42 Å². The molecule has 72 valence electrons. The van der Waals surface area contributed by atoms with Gasteiger partial charge in [-0.25, -0.2) is 5.10 Å². The van der Waals surface area contributed by atoms with Gasteiger partial charge in [0.25, 0.3) is 4.84 Å². The van der Waals surface area contributed by atoms with E-state index in [2.05, 4.69) is 27.5 Å². The van der Waals surface area contributed by atoms with Crippen LogP contribution >= 0.6 is 12.2 Å². The Labute approximate surface area is 81.1 Å². The monoisotopic (exact) mass is 200 g/mol. The Morgan fingerprint density at radius 3 is 3.15 bits per heavy atom. The number of rotatable bonds is 1. The SMILES string of the molecule is CN1CCNCC1c1n[nH]c(=S)o1. The molecule has 2 rings (SSSR count). The molecule has 2 heterocycles. The molecule has 0 radical (unpaired) electrons. The first-order chi connectivity index (χ1) is 6.27. The largest absolute Gasteiger partial charge is 0.412 e. The highest BCUT2D eigenvalue weighted by Gasteiger charge is 2.24. The Bertz CT molecular complexity index is 333. The van der Waals surface area contributed by atoms with Crippen LogP contribution in [0.5, 0.6) is 0 Å². The van der Waals surface area contributed by atoms with Gasteiger partial charge < -0.3 is 9.73 Å². The third-order valence-electron chi connectivity index (χ3n) is 2.25. The van der Waals surface area contributed by atoms with E-state index in [0.717, 1.165) is 19.6 Å². The first-order valence-electron chi connectivity index (χ1n) is 4.24. The number of aromatic nitrogens is 2. The van der Waals surface area contributed by atoms with E-state index in [-0.39, 0.29) is 6.04 Å². The molecule has 1 aliphatic heterocycles. The fourth-order valence-electron chi connectivity index (χ4n) is 1.47. The van der Waals surface area contributed by atoms with Gasteiger partial charge in [0.15, 0.2) is 0 Å². The Hall–Kier alpha value is -0.720. The van der Waals surface area contributed by atoms with E-state index < -0.39 is 0 Å². The van der Waals surface area contributed by atoms with Crippen molar-refractivity contribution in [1.82, 2.24) is 20.4 Å². The minimum atomic E-state index is 0.196. The first-order valence-corrected chi connectivity index (χ1v) is 4.64. The van der Waals surface area contributed by atoms with E-state index in [4.69, 9.17) is 16.6 Å². The minimum Gasteiger partial charge on any atom is -0.412 e. The number of nitrogens with one attached hydrogen (secondary N) is 2. The zero-order valence-electron chi connectivity index (χ0n) is 7.41. The molecule has 6 heteroatoms. The second-order valence-electron chi connectivity index (χ2n) is 3.15. The van der Waals surface area contributed by atoms with Crippen LogP contribution in [0.25, 0.3) is 0 Å². The van der Waals surface area contributed by atoms with Gasteiger partial charge in [0, 0.05) is 19.6 Å². The van der Waals surface area contributed by atoms with Gasteiger partial charge in [-0.15, -0.1) is 5.10 Å². The van der Waals surface area contributed by atoms with Crippen LogP contribution in [0.4, 0.5) is 0 Å². The number of aromatic amines is 1. The van der Waals surface area contributed by atoms with Crippen molar-refractivity contribution >= 4 is 12.2 Å². The molecule has 1 aliphatic rings. The maximum atomic E-state index is 5.26. The molecule has 0 aromatic carbocycles. The molecular formula is C7H12N4OS. The average Bonchev–Trinajstić information content (AvgIpc) is 2.53. The van der Waals surface area contributed by atoms with E-state index in [1.54, 1.807) is 0 Å². The molecule has 5 nitrogen and oxygen atoms in total. The van der Waals surface area contributed by atoms with Crippen LogP contribution in [-0.2, 0) is 0 Å². The zero-order chi connectivity index (χ0) is 9.26. The van der Waals surface area contributed by atoms with Crippen molar-refractivity contribution in [2.75, 3.05) is 26.7 Å². The summed E-state index contributed by atoms with van der Waals surface area (Å²) in [5, 5.41) is 9.93. The second kappa shape index (κ2) is 3.57. The maximum absolute atomic E-state index is 5.26. The molecule has 0 saturated carbocycles. The molecule has 1 aromatic rings. The van der Waals surface area contributed by atoms with Crippen molar-refractivity contribution in [3.8, 4) is 0 Å². The van der Waals surface area contributed by atoms with Gasteiger partial charge in [-0.05, 0) is 19.3 Å². The lowest BCUT2D eigenvalue weighted by atomic mass is 10.2. The molecule has 1 unspecified atom stereocenters. The van der Waals surface area contributed by atoms with Gasteiger partial charge >= 0.3 is 0 Å². The average molecular weight is 200 g/mol. The highest BCUT2D eigenvalue weighted by Crippen LogP contribution is 2.17. The molecular weight excluding hydrogens is 188 g/mol. The lowest BCUT2D eigenvalue weighted by molar-refractivity contribution is 0.172. The van der Waals surface area contributed by atoms with Crippen molar-refractivity contribution in [3.05, 3.63) is 10.7 Å². The summed E-state index contributed by atoms with van der Waals surface area (Å²) in [5.41, 5.74) is 0. The highest BCUT2D eigenvalue weighted by atomic mass is 32.1. The van der Waals surface area contributed by atoms with Crippen LogP contribution in [0, 0.1) is 4.84 Å². The Morgan fingerprint density at radius 1 is 1.69 bits per heavy atom. The van der Waals surface area contributed by atoms with Crippen LogP contribution in [0.1, 0.15) is 11.9 Å². The van der Waals surface area contributed by atoms with Gasteiger partial charge in [0.1, 0.15) is 6.04 Å². The molecule has 1 fully saturated rings. The van der Waals surface area contributed by atoms with E-state index in [1.165, 1.54) is 0 Å². The van der Waals surface area contributed by atoms with Gasteiger partial charge in [-0.2, -0.15) is 0 Å². The number of hydrogen-bond donors (Lipinski definition) is 2. The second-order valence-corrected chi connectivity index (χ2v) is 3.52. The molecule has 13 heavy (non-hydrogen) atoms. The summed E-state index contributed by atoms with van der Waals surface area (Å²) in [4.78, 5) is 2.54. The molecule has 0 amide bonds. The van der Waals surface area contributed by atoms with Crippen LogP contribution < -0.4 is 5.32 Å². The fourth-order valence-corrected chi connectivity index (χ4v) is 1.60. The summed E-state index contributed by atoms with van der Waals surface area (Å²) in [7, 11) is 2.05. The molecule has 0 aliphatic carbocycles. The summed E-state index contributed by atoms with van der Waals surface area (Å²) >= 11 is 4.82. The number of nitrogens with zero attached hydrogens (tertiary/aromatic N) is 2. The normalized spacial score (nSPS) is 24.8. The Kier molecular flexibility index (Phi) is 2.43. The van der Waals surface area contributed by atoms with Crippen molar-refractivity contribution in [1.29, 1.82) is 0 Å². The number of piperazine rings is 1. The van der Waals surface area contributed by atoms with Crippen molar-refractivity contribution in [2.24, 2.45) is 0 Å². The summed E-state index contributed by atoms with van der Waals surface area (Å²) in [6, 6.07) is 0.196. The summed E-state index contributed by atoms with van der Waals surface area (Å²) in [6.45, 7) is 2.87. The van der Waals surface area contributed by atoms with Crippen molar-refractivity contribution in [3.63, 3.8) is 0 Å². The lowest BCUT2D eigenvalue weighted by Gasteiger charge is -2.30. The molecule has 0 spiro atoms. The van der Waals surface area contributed by atoms with Gasteiger partial charge in [0.05, 0.1) is 0 Å². The van der Waals surface area contributed by atoms with E-state index in [9.17, 15) is 0 Å². The maximum Gasteiger partial charge on any atom is 0.284 e. The topological polar surface area (TPSA) is 57.1 Å². The summed E-state index contributed by atoms with van der Waals surface area (Å²) in [5.74, 6) is 0.666. The summed E-state index contributed by atoms with van der Waals surface area (Å²) < 4.78 is 5.26. The van der Waals surface area contributed by atoms with Crippen LogP contribution in [-0.4, -0.2) is 41.8 Å². The number of hydrogen-bond acceptors (Lipinski definition) is 5. The molecule has 2 N–H and O–H groups in total. The third kappa shape index (κ3) is 1.79. The molecule has 0 bridgehead atoms. The predicted octanol–water partition coefficient (Wildman–Crippen LogP) is 0.308. The van der Waals surface area contributed by atoms with Gasteiger partial charge in [-0.1, -0.05) is 0 Å².